The van der Waals surface area contributed by atoms with Crippen LogP contribution in [0.2, 0.25) is 0 Å². The van der Waals surface area contributed by atoms with Crippen LogP contribution in [0.15, 0.2) is 53.6 Å². The third kappa shape index (κ3) is 3.57. The number of primary sulfonamides is 1. The van der Waals surface area contributed by atoms with Crippen molar-refractivity contribution < 1.29 is 13.2 Å². The minimum absolute atomic E-state index is 0.0133. The molecule has 9 heteroatoms. The zero-order chi connectivity index (χ0) is 18.0. The van der Waals surface area contributed by atoms with E-state index in [4.69, 9.17) is 5.14 Å². The Bertz CT molecular complexity index is 1050. The predicted octanol–water partition coefficient (Wildman–Crippen LogP) is 1.38. The minimum atomic E-state index is -3.74. The topological polar surface area (TPSA) is 127 Å². The standard InChI is InChI=1S/C16H15N5O3S/c1-18-15(22)13-4-2-3-10-9-19-16(21-14(10)13)20-11-5-7-12(8-6-11)25(17,23)24/h2-9H,1H3,(H,18,22)(H2,17,23,24)(H,19,20,21). The van der Waals surface area contributed by atoms with Crippen LogP contribution in [0.3, 0.4) is 0 Å². The van der Waals surface area contributed by atoms with Crippen molar-refractivity contribution in [1.82, 2.24) is 15.3 Å². The van der Waals surface area contributed by atoms with Crippen molar-refractivity contribution in [3.63, 3.8) is 0 Å². The highest BCUT2D eigenvalue weighted by Crippen LogP contribution is 2.20. The molecule has 3 rings (SSSR count). The number of nitrogens with zero attached hydrogens (tertiary/aromatic N) is 2. The second kappa shape index (κ2) is 6.46. The van der Waals surface area contributed by atoms with Gasteiger partial charge in [-0.3, -0.25) is 4.79 Å². The first-order valence-electron chi connectivity index (χ1n) is 7.26. The number of rotatable bonds is 4. The van der Waals surface area contributed by atoms with Gasteiger partial charge in [0.05, 0.1) is 16.0 Å². The molecule has 1 amide bonds. The molecular formula is C16H15N5O3S. The molecule has 0 spiro atoms. The van der Waals surface area contributed by atoms with Crippen molar-refractivity contribution in [2.45, 2.75) is 4.90 Å². The summed E-state index contributed by atoms with van der Waals surface area (Å²) in [6.07, 6.45) is 1.61. The first-order chi connectivity index (χ1) is 11.9. The summed E-state index contributed by atoms with van der Waals surface area (Å²) in [6, 6.07) is 11.1. The average molecular weight is 357 g/mol. The number of amides is 1. The maximum atomic E-state index is 12.0. The number of aromatic nitrogens is 2. The Balaban J connectivity index is 1.95. The van der Waals surface area contributed by atoms with Gasteiger partial charge in [-0.2, -0.15) is 0 Å². The van der Waals surface area contributed by atoms with Crippen LogP contribution in [0.25, 0.3) is 10.9 Å². The fourth-order valence-corrected chi connectivity index (χ4v) is 2.81. The monoisotopic (exact) mass is 357 g/mol. The van der Waals surface area contributed by atoms with Gasteiger partial charge in [0.15, 0.2) is 0 Å². The number of fused-ring (bicyclic) bond motifs is 1. The fourth-order valence-electron chi connectivity index (χ4n) is 2.29. The van der Waals surface area contributed by atoms with E-state index in [2.05, 4.69) is 20.6 Å². The number of hydrogen-bond donors (Lipinski definition) is 3. The van der Waals surface area contributed by atoms with Gasteiger partial charge in [-0.15, -0.1) is 0 Å². The molecular weight excluding hydrogens is 342 g/mol. The van der Waals surface area contributed by atoms with Crippen LogP contribution in [-0.2, 0) is 10.0 Å². The lowest BCUT2D eigenvalue weighted by Gasteiger charge is -2.08. The van der Waals surface area contributed by atoms with E-state index in [1.54, 1.807) is 37.5 Å². The van der Waals surface area contributed by atoms with E-state index >= 15 is 0 Å². The van der Waals surface area contributed by atoms with Gasteiger partial charge >= 0.3 is 0 Å². The molecule has 0 atom stereocenters. The molecule has 2 aromatic carbocycles. The third-order valence-electron chi connectivity index (χ3n) is 3.52. The highest BCUT2D eigenvalue weighted by atomic mass is 32.2. The quantitative estimate of drug-likeness (QED) is 0.647. The van der Waals surface area contributed by atoms with Crippen molar-refractivity contribution in [2.75, 3.05) is 12.4 Å². The molecule has 1 aromatic heterocycles. The molecule has 0 aliphatic heterocycles. The predicted molar refractivity (Wildman–Crippen MR) is 94.0 cm³/mol. The zero-order valence-corrected chi connectivity index (χ0v) is 14.0. The molecule has 3 aromatic rings. The van der Waals surface area contributed by atoms with E-state index in [9.17, 15) is 13.2 Å². The van der Waals surface area contributed by atoms with Crippen molar-refractivity contribution in [2.24, 2.45) is 5.14 Å². The number of benzene rings is 2. The summed E-state index contributed by atoms with van der Waals surface area (Å²) in [6.45, 7) is 0. The molecule has 4 N–H and O–H groups in total. The highest BCUT2D eigenvalue weighted by Gasteiger charge is 2.11. The number of hydrogen-bond acceptors (Lipinski definition) is 6. The number of anilines is 2. The van der Waals surface area contributed by atoms with Crippen LogP contribution in [0.5, 0.6) is 0 Å². The van der Waals surface area contributed by atoms with Gasteiger partial charge in [0, 0.05) is 24.3 Å². The highest BCUT2D eigenvalue weighted by molar-refractivity contribution is 7.89. The Morgan fingerprint density at radius 1 is 1.12 bits per heavy atom. The number of nitrogens with two attached hydrogens (primary N) is 1. The second-order valence-electron chi connectivity index (χ2n) is 5.21. The third-order valence-corrected chi connectivity index (χ3v) is 4.45. The molecule has 0 radical (unpaired) electrons. The number of carbonyl (C=O) groups excluding carboxylic acids is 1. The summed E-state index contributed by atoms with van der Waals surface area (Å²) in [5.74, 6) is 0.0416. The SMILES string of the molecule is CNC(=O)c1cccc2cnc(Nc3ccc(S(N)(=O)=O)cc3)nc12. The number of nitrogens with one attached hydrogen (secondary N) is 2. The molecule has 0 bridgehead atoms. The summed E-state index contributed by atoms with van der Waals surface area (Å²) >= 11 is 0. The maximum absolute atomic E-state index is 12.0. The van der Waals surface area contributed by atoms with Crippen LogP contribution in [0.1, 0.15) is 10.4 Å². The molecule has 0 fully saturated rings. The fraction of sp³-hybridized carbons (Fsp3) is 0.0625. The molecule has 25 heavy (non-hydrogen) atoms. The Labute approximate surface area is 144 Å². The van der Waals surface area contributed by atoms with Gasteiger partial charge in [-0.1, -0.05) is 12.1 Å². The molecule has 0 unspecified atom stereocenters. The lowest BCUT2D eigenvalue weighted by Crippen LogP contribution is -2.18. The van der Waals surface area contributed by atoms with Gasteiger partial charge in [0.2, 0.25) is 16.0 Å². The van der Waals surface area contributed by atoms with E-state index in [0.29, 0.717) is 16.8 Å². The van der Waals surface area contributed by atoms with Gasteiger partial charge in [0.25, 0.3) is 5.91 Å². The largest absolute Gasteiger partial charge is 0.355 e. The summed E-state index contributed by atoms with van der Waals surface area (Å²) in [5, 5.41) is 11.3. The van der Waals surface area contributed by atoms with Gasteiger partial charge in [-0.05, 0) is 30.3 Å². The molecule has 8 nitrogen and oxygen atoms in total. The lowest BCUT2D eigenvalue weighted by molar-refractivity contribution is 0.0964. The van der Waals surface area contributed by atoms with Crippen molar-refractivity contribution >= 4 is 38.5 Å². The first kappa shape index (κ1) is 16.8. The smallest absolute Gasteiger partial charge is 0.253 e. The number of carbonyl (C=O) groups is 1. The van der Waals surface area contributed by atoms with Crippen LogP contribution in [0, 0.1) is 0 Å². The van der Waals surface area contributed by atoms with E-state index in [0.717, 1.165) is 5.39 Å². The number of para-hydroxylation sites is 1. The average Bonchev–Trinajstić information content (AvgIpc) is 2.60. The second-order valence-corrected chi connectivity index (χ2v) is 6.77. The summed E-state index contributed by atoms with van der Waals surface area (Å²) < 4.78 is 22.5. The summed E-state index contributed by atoms with van der Waals surface area (Å²) in [7, 11) is -2.19. The van der Waals surface area contributed by atoms with Crippen LogP contribution in [0.4, 0.5) is 11.6 Å². The van der Waals surface area contributed by atoms with E-state index < -0.39 is 10.0 Å². The van der Waals surface area contributed by atoms with Crippen molar-refractivity contribution in [3.8, 4) is 0 Å². The Morgan fingerprint density at radius 3 is 2.48 bits per heavy atom. The minimum Gasteiger partial charge on any atom is -0.355 e. The van der Waals surface area contributed by atoms with Crippen LogP contribution < -0.4 is 15.8 Å². The Morgan fingerprint density at radius 2 is 1.84 bits per heavy atom. The van der Waals surface area contributed by atoms with Gasteiger partial charge < -0.3 is 10.6 Å². The molecule has 0 saturated carbocycles. The van der Waals surface area contributed by atoms with Crippen LogP contribution >= 0.6 is 0 Å². The zero-order valence-electron chi connectivity index (χ0n) is 13.2. The molecule has 0 aliphatic carbocycles. The van der Waals surface area contributed by atoms with Gasteiger partial charge in [0.1, 0.15) is 0 Å². The maximum Gasteiger partial charge on any atom is 0.253 e. The van der Waals surface area contributed by atoms with E-state index in [-0.39, 0.29) is 16.8 Å². The van der Waals surface area contributed by atoms with E-state index in [1.165, 1.54) is 12.1 Å². The van der Waals surface area contributed by atoms with Crippen LogP contribution in [-0.4, -0.2) is 31.3 Å². The van der Waals surface area contributed by atoms with E-state index in [1.807, 2.05) is 6.07 Å². The molecule has 0 saturated heterocycles. The number of sulfonamides is 1. The Hall–Kier alpha value is -3.04. The van der Waals surface area contributed by atoms with Gasteiger partial charge in [-0.25, -0.2) is 23.5 Å². The Kier molecular flexibility index (Phi) is 4.34. The van der Waals surface area contributed by atoms with Crippen molar-refractivity contribution in [3.05, 3.63) is 54.2 Å². The lowest BCUT2D eigenvalue weighted by atomic mass is 10.1. The first-order valence-corrected chi connectivity index (χ1v) is 8.81. The summed E-state index contributed by atoms with van der Waals surface area (Å²) in [4.78, 5) is 20.6. The van der Waals surface area contributed by atoms with Crippen molar-refractivity contribution in [1.29, 1.82) is 0 Å². The molecule has 1 heterocycles. The normalized spacial score (nSPS) is 11.3. The summed E-state index contributed by atoms with van der Waals surface area (Å²) in [5.41, 5.74) is 1.54. The molecule has 128 valence electrons. The molecule has 0 aliphatic rings.